The van der Waals surface area contributed by atoms with Crippen LogP contribution in [0.3, 0.4) is 0 Å². The summed E-state index contributed by atoms with van der Waals surface area (Å²) >= 11 is 0. The first-order chi connectivity index (χ1) is 19.9. The highest BCUT2D eigenvalue weighted by molar-refractivity contribution is 7.89. The van der Waals surface area contributed by atoms with Gasteiger partial charge in [0.1, 0.15) is 5.75 Å². The lowest BCUT2D eigenvalue weighted by Crippen LogP contribution is -2.53. The van der Waals surface area contributed by atoms with E-state index in [-0.39, 0.29) is 29.8 Å². The standard InChI is InChI=1S/C32H31N3O5S/c36-31(33-20-23-9-2-1-3-10-23)30-22-35(28-14-6-7-15-29(28)40-30)32(37)26-13-8-18-34(21-26)41(38,39)27-17-16-24-11-4-5-12-25(24)19-27/h1-7,9-12,14-17,19,26,30H,8,13,18,20-22H2,(H,33,36)/t26-,30-/m1/s1. The van der Waals surface area contributed by atoms with E-state index in [4.69, 9.17) is 4.74 Å². The molecular formula is C32H31N3O5S. The molecule has 8 nitrogen and oxygen atoms in total. The summed E-state index contributed by atoms with van der Waals surface area (Å²) in [5.41, 5.74) is 1.54. The van der Waals surface area contributed by atoms with Crippen LogP contribution in [0.5, 0.6) is 5.75 Å². The third-order valence-corrected chi connectivity index (χ3v) is 9.59. The van der Waals surface area contributed by atoms with Gasteiger partial charge in [-0.3, -0.25) is 9.59 Å². The van der Waals surface area contributed by atoms with Gasteiger partial charge in [-0.25, -0.2) is 8.42 Å². The molecular weight excluding hydrogens is 538 g/mol. The number of nitrogens with one attached hydrogen (secondary N) is 1. The number of para-hydroxylation sites is 2. The minimum absolute atomic E-state index is 0.0460. The van der Waals surface area contributed by atoms with Crippen LogP contribution < -0.4 is 15.0 Å². The van der Waals surface area contributed by atoms with Crippen molar-refractivity contribution in [3.63, 3.8) is 0 Å². The summed E-state index contributed by atoms with van der Waals surface area (Å²) in [4.78, 5) is 28.9. The topological polar surface area (TPSA) is 96.0 Å². The van der Waals surface area contributed by atoms with Crippen LogP contribution in [-0.4, -0.2) is 50.3 Å². The van der Waals surface area contributed by atoms with Crippen LogP contribution in [-0.2, 0) is 26.2 Å². The number of hydrogen-bond donors (Lipinski definition) is 1. The monoisotopic (exact) mass is 569 g/mol. The van der Waals surface area contributed by atoms with E-state index in [0.29, 0.717) is 37.4 Å². The molecule has 0 saturated carbocycles. The summed E-state index contributed by atoms with van der Waals surface area (Å²) < 4.78 is 34.7. The van der Waals surface area contributed by atoms with Crippen LogP contribution >= 0.6 is 0 Å². The lowest BCUT2D eigenvalue weighted by atomic mass is 9.97. The number of carbonyl (C=O) groups excluding carboxylic acids is 2. The summed E-state index contributed by atoms with van der Waals surface area (Å²) in [6, 6.07) is 29.5. The number of hydrogen-bond acceptors (Lipinski definition) is 5. The Morgan fingerprint density at radius 3 is 2.41 bits per heavy atom. The van der Waals surface area contributed by atoms with Gasteiger partial charge in [0.25, 0.3) is 5.91 Å². The highest BCUT2D eigenvalue weighted by atomic mass is 32.2. The number of sulfonamides is 1. The number of rotatable bonds is 6. The Balaban J connectivity index is 1.20. The predicted molar refractivity (Wildman–Crippen MR) is 157 cm³/mol. The number of ether oxygens (including phenoxy) is 1. The molecule has 4 aromatic rings. The zero-order valence-corrected chi connectivity index (χ0v) is 23.3. The van der Waals surface area contributed by atoms with Crippen LogP contribution in [0.2, 0.25) is 0 Å². The van der Waals surface area contributed by atoms with E-state index >= 15 is 0 Å². The highest BCUT2D eigenvalue weighted by Crippen LogP contribution is 2.36. The van der Waals surface area contributed by atoms with Gasteiger partial charge in [-0.15, -0.1) is 0 Å². The SMILES string of the molecule is O=C(NCc1ccccc1)[C@H]1CN(C(=O)[C@@H]2CCCN(S(=O)(=O)c3ccc4ccccc4c3)C2)c2ccccc2O1. The van der Waals surface area contributed by atoms with Crippen molar-refractivity contribution in [1.82, 2.24) is 9.62 Å². The summed E-state index contributed by atoms with van der Waals surface area (Å²) in [6.45, 7) is 0.825. The molecule has 9 heteroatoms. The second kappa shape index (κ2) is 11.3. The van der Waals surface area contributed by atoms with Crippen LogP contribution in [0.4, 0.5) is 5.69 Å². The van der Waals surface area contributed by atoms with Gasteiger partial charge in [0.05, 0.1) is 23.0 Å². The fraction of sp³-hybridized carbons (Fsp3) is 0.250. The second-order valence-corrected chi connectivity index (χ2v) is 12.4. The summed E-state index contributed by atoms with van der Waals surface area (Å²) in [5.74, 6) is -0.619. The van der Waals surface area contributed by atoms with Crippen molar-refractivity contribution in [3.05, 3.63) is 103 Å². The number of amides is 2. The minimum Gasteiger partial charge on any atom is -0.477 e. The number of fused-ring (bicyclic) bond motifs is 2. The molecule has 210 valence electrons. The number of piperidine rings is 1. The third-order valence-electron chi connectivity index (χ3n) is 7.73. The maximum atomic E-state index is 14.0. The van der Waals surface area contributed by atoms with Gasteiger partial charge in [0.15, 0.2) is 6.10 Å². The smallest absolute Gasteiger partial charge is 0.263 e. The summed E-state index contributed by atoms with van der Waals surface area (Å²) in [6.07, 6.45) is 0.238. The normalized spacial score (nSPS) is 19.3. The first kappa shape index (κ1) is 27.0. The van der Waals surface area contributed by atoms with Crippen molar-refractivity contribution in [3.8, 4) is 5.75 Å². The summed E-state index contributed by atoms with van der Waals surface area (Å²) in [7, 11) is -3.80. The van der Waals surface area contributed by atoms with Crippen LogP contribution in [0, 0.1) is 5.92 Å². The molecule has 0 aromatic heterocycles. The van der Waals surface area contributed by atoms with Gasteiger partial charge in [0.2, 0.25) is 15.9 Å². The van der Waals surface area contributed by atoms with E-state index in [9.17, 15) is 18.0 Å². The van der Waals surface area contributed by atoms with E-state index in [1.165, 1.54) is 4.31 Å². The first-order valence-electron chi connectivity index (χ1n) is 13.8. The molecule has 0 bridgehead atoms. The van der Waals surface area contributed by atoms with Crippen LogP contribution in [0.15, 0.2) is 102 Å². The van der Waals surface area contributed by atoms with E-state index in [1.807, 2.05) is 66.7 Å². The Hall–Kier alpha value is -4.21. The molecule has 41 heavy (non-hydrogen) atoms. The highest BCUT2D eigenvalue weighted by Gasteiger charge is 2.39. The number of anilines is 1. The maximum absolute atomic E-state index is 14.0. The van der Waals surface area contributed by atoms with Crippen molar-refractivity contribution in [2.75, 3.05) is 24.5 Å². The van der Waals surface area contributed by atoms with E-state index in [1.54, 1.807) is 35.2 Å². The molecule has 2 atom stereocenters. The Kier molecular flexibility index (Phi) is 7.47. The maximum Gasteiger partial charge on any atom is 0.263 e. The van der Waals surface area contributed by atoms with Crippen molar-refractivity contribution in [2.24, 2.45) is 5.92 Å². The lowest BCUT2D eigenvalue weighted by Gasteiger charge is -2.38. The van der Waals surface area contributed by atoms with Gasteiger partial charge in [0, 0.05) is 19.6 Å². The van der Waals surface area contributed by atoms with E-state index in [2.05, 4.69) is 5.32 Å². The molecule has 2 amide bonds. The Morgan fingerprint density at radius 2 is 1.59 bits per heavy atom. The van der Waals surface area contributed by atoms with Gasteiger partial charge >= 0.3 is 0 Å². The van der Waals surface area contributed by atoms with Crippen LogP contribution in [0.25, 0.3) is 10.8 Å². The lowest BCUT2D eigenvalue weighted by molar-refractivity contribution is -0.129. The Morgan fingerprint density at radius 1 is 0.854 bits per heavy atom. The fourth-order valence-corrected chi connectivity index (χ4v) is 7.10. The van der Waals surface area contributed by atoms with Gasteiger partial charge in [-0.2, -0.15) is 4.31 Å². The van der Waals surface area contributed by atoms with Gasteiger partial charge < -0.3 is 15.0 Å². The zero-order chi connectivity index (χ0) is 28.4. The van der Waals surface area contributed by atoms with Gasteiger partial charge in [-0.05, 0) is 53.4 Å². The van der Waals surface area contributed by atoms with Gasteiger partial charge in [-0.1, -0.05) is 72.8 Å². The number of benzene rings is 4. The molecule has 2 aliphatic rings. The number of carbonyl (C=O) groups is 2. The fourth-order valence-electron chi connectivity index (χ4n) is 5.54. The molecule has 1 fully saturated rings. The van der Waals surface area contributed by atoms with Crippen molar-refractivity contribution < 1.29 is 22.7 Å². The molecule has 1 N–H and O–H groups in total. The van der Waals surface area contributed by atoms with E-state index in [0.717, 1.165) is 16.3 Å². The molecule has 0 unspecified atom stereocenters. The molecule has 0 spiro atoms. The quantitative estimate of drug-likeness (QED) is 0.373. The molecule has 1 saturated heterocycles. The third kappa shape index (κ3) is 5.55. The molecule has 0 aliphatic carbocycles. The van der Waals surface area contributed by atoms with Crippen LogP contribution in [0.1, 0.15) is 18.4 Å². The first-order valence-corrected chi connectivity index (χ1v) is 15.2. The molecule has 4 aromatic carbocycles. The summed E-state index contributed by atoms with van der Waals surface area (Å²) in [5, 5.41) is 4.72. The predicted octanol–water partition coefficient (Wildman–Crippen LogP) is 4.35. The van der Waals surface area contributed by atoms with E-state index < -0.39 is 22.0 Å². The number of nitrogens with zero attached hydrogens (tertiary/aromatic N) is 2. The molecule has 6 rings (SSSR count). The molecule has 0 radical (unpaired) electrons. The van der Waals surface area contributed by atoms with Crippen molar-refractivity contribution in [1.29, 1.82) is 0 Å². The molecule has 2 heterocycles. The van der Waals surface area contributed by atoms with Crippen molar-refractivity contribution >= 4 is 38.3 Å². The zero-order valence-electron chi connectivity index (χ0n) is 22.5. The Labute approximate surface area is 239 Å². The average Bonchev–Trinajstić information content (AvgIpc) is 3.03. The minimum atomic E-state index is -3.80. The second-order valence-electron chi connectivity index (χ2n) is 10.4. The molecule has 2 aliphatic heterocycles. The van der Waals surface area contributed by atoms with Crippen molar-refractivity contribution in [2.45, 2.75) is 30.4 Å². The average molecular weight is 570 g/mol. The Bertz CT molecular complexity index is 1690. The largest absolute Gasteiger partial charge is 0.477 e.